The van der Waals surface area contributed by atoms with Crippen molar-refractivity contribution in [2.75, 3.05) is 5.32 Å². The molecule has 0 atom stereocenters. The van der Waals surface area contributed by atoms with Crippen LogP contribution < -0.4 is 5.32 Å². The van der Waals surface area contributed by atoms with E-state index in [1.807, 2.05) is 18.2 Å². The van der Waals surface area contributed by atoms with E-state index in [1.165, 1.54) is 16.9 Å². The second kappa shape index (κ2) is 8.24. The molecule has 2 aromatic heterocycles. The van der Waals surface area contributed by atoms with Crippen molar-refractivity contribution in [1.82, 2.24) is 19.6 Å². The van der Waals surface area contributed by atoms with Crippen LogP contribution in [0.1, 0.15) is 22.5 Å². The van der Waals surface area contributed by atoms with Crippen molar-refractivity contribution in [1.29, 1.82) is 0 Å². The molecule has 0 saturated heterocycles. The molecule has 0 aliphatic carbocycles. The Hall–Kier alpha value is -2.84. The lowest BCUT2D eigenvalue weighted by atomic mass is 10.2. The monoisotopic (exact) mass is 407 g/mol. The Bertz CT molecular complexity index is 983. The minimum atomic E-state index is -1.12. The van der Waals surface area contributed by atoms with Crippen LogP contribution in [0.3, 0.4) is 0 Å². The molecule has 0 saturated carbocycles. The molecular weight excluding hydrogens is 393 g/mol. The molecular formula is C17H15Cl2N5O3. The summed E-state index contributed by atoms with van der Waals surface area (Å²) in [6.07, 6.45) is 3.20. The molecule has 140 valence electrons. The van der Waals surface area contributed by atoms with Gasteiger partial charge in [0.05, 0.1) is 6.54 Å². The molecule has 27 heavy (non-hydrogen) atoms. The number of carboxylic acids is 1. The summed E-state index contributed by atoms with van der Waals surface area (Å²) in [5, 5.41) is 20.5. The van der Waals surface area contributed by atoms with E-state index in [0.29, 0.717) is 16.6 Å². The molecule has 0 spiro atoms. The van der Waals surface area contributed by atoms with E-state index in [0.717, 1.165) is 5.56 Å². The fourth-order valence-corrected chi connectivity index (χ4v) is 2.77. The summed E-state index contributed by atoms with van der Waals surface area (Å²) >= 11 is 12.3. The molecule has 1 amide bonds. The first-order chi connectivity index (χ1) is 12.9. The molecule has 10 heteroatoms. The minimum Gasteiger partial charge on any atom is -0.476 e. The van der Waals surface area contributed by atoms with Gasteiger partial charge >= 0.3 is 5.97 Å². The van der Waals surface area contributed by atoms with Gasteiger partial charge < -0.3 is 10.4 Å². The Kier molecular flexibility index (Phi) is 5.78. The minimum absolute atomic E-state index is 0.0724. The van der Waals surface area contributed by atoms with E-state index in [-0.39, 0.29) is 30.4 Å². The van der Waals surface area contributed by atoms with Gasteiger partial charge in [-0.3, -0.25) is 14.2 Å². The van der Waals surface area contributed by atoms with Gasteiger partial charge in [-0.25, -0.2) is 4.79 Å². The van der Waals surface area contributed by atoms with Gasteiger partial charge in [-0.05, 0) is 17.7 Å². The number of aromatic nitrogens is 4. The van der Waals surface area contributed by atoms with Gasteiger partial charge in [0.1, 0.15) is 5.02 Å². The normalized spacial score (nSPS) is 10.7. The van der Waals surface area contributed by atoms with Crippen LogP contribution in [0.5, 0.6) is 0 Å². The van der Waals surface area contributed by atoms with E-state index in [4.69, 9.17) is 28.3 Å². The largest absolute Gasteiger partial charge is 0.476 e. The number of halogens is 2. The summed E-state index contributed by atoms with van der Waals surface area (Å²) < 4.78 is 2.98. The number of nitrogens with one attached hydrogen (secondary N) is 1. The Balaban J connectivity index is 1.58. The SMILES string of the molecule is O=C(CCn1ccc(C(=O)O)n1)Nc1nn(Cc2ccccc2Cl)cc1Cl. The van der Waals surface area contributed by atoms with E-state index in [2.05, 4.69) is 15.5 Å². The van der Waals surface area contributed by atoms with Crippen LogP contribution in [0, 0.1) is 0 Å². The number of nitrogens with zero attached hydrogens (tertiary/aromatic N) is 4. The van der Waals surface area contributed by atoms with E-state index in [9.17, 15) is 9.59 Å². The maximum absolute atomic E-state index is 12.1. The zero-order chi connectivity index (χ0) is 19.4. The molecule has 1 aromatic carbocycles. The number of carbonyl (C=O) groups is 2. The second-order valence-corrected chi connectivity index (χ2v) is 6.50. The fraction of sp³-hybridized carbons (Fsp3) is 0.176. The zero-order valence-electron chi connectivity index (χ0n) is 14.0. The number of benzene rings is 1. The van der Waals surface area contributed by atoms with Gasteiger partial charge in [0.25, 0.3) is 0 Å². The van der Waals surface area contributed by atoms with Crippen molar-refractivity contribution in [3.8, 4) is 0 Å². The lowest BCUT2D eigenvalue weighted by Crippen LogP contribution is -2.16. The highest BCUT2D eigenvalue weighted by Crippen LogP contribution is 2.22. The van der Waals surface area contributed by atoms with Gasteiger partial charge in [-0.15, -0.1) is 0 Å². The van der Waals surface area contributed by atoms with Crippen molar-refractivity contribution in [3.63, 3.8) is 0 Å². The van der Waals surface area contributed by atoms with Gasteiger partial charge in [-0.1, -0.05) is 41.4 Å². The molecule has 3 rings (SSSR count). The smallest absolute Gasteiger partial charge is 0.356 e. The number of aromatic carboxylic acids is 1. The molecule has 2 N–H and O–H groups in total. The van der Waals surface area contributed by atoms with Gasteiger partial charge in [-0.2, -0.15) is 10.2 Å². The number of anilines is 1. The number of rotatable bonds is 7. The number of hydrogen-bond acceptors (Lipinski definition) is 4. The lowest BCUT2D eigenvalue weighted by Gasteiger charge is -2.05. The Morgan fingerprint density at radius 2 is 1.85 bits per heavy atom. The Morgan fingerprint density at radius 1 is 1.07 bits per heavy atom. The highest BCUT2D eigenvalue weighted by molar-refractivity contribution is 6.33. The van der Waals surface area contributed by atoms with Crippen LogP contribution in [0.15, 0.2) is 42.7 Å². The van der Waals surface area contributed by atoms with Crippen LogP contribution in [0.4, 0.5) is 5.82 Å². The number of carbonyl (C=O) groups excluding carboxylic acids is 1. The maximum Gasteiger partial charge on any atom is 0.356 e. The molecule has 2 heterocycles. The van der Waals surface area contributed by atoms with E-state index >= 15 is 0 Å². The van der Waals surface area contributed by atoms with Crippen LogP contribution in [-0.4, -0.2) is 36.5 Å². The second-order valence-electron chi connectivity index (χ2n) is 5.68. The summed E-state index contributed by atoms with van der Waals surface area (Å²) in [5.41, 5.74) is 0.806. The van der Waals surface area contributed by atoms with Gasteiger partial charge in [0.15, 0.2) is 11.5 Å². The summed E-state index contributed by atoms with van der Waals surface area (Å²) in [6.45, 7) is 0.650. The number of aryl methyl sites for hydroxylation is 1. The third-order valence-electron chi connectivity index (χ3n) is 3.69. The predicted octanol–water partition coefficient (Wildman–Crippen LogP) is 3.16. The molecule has 0 bridgehead atoms. The number of hydrogen-bond donors (Lipinski definition) is 2. The van der Waals surface area contributed by atoms with Crippen molar-refractivity contribution >= 4 is 40.9 Å². The third kappa shape index (κ3) is 4.87. The zero-order valence-corrected chi connectivity index (χ0v) is 15.5. The quantitative estimate of drug-likeness (QED) is 0.625. The average Bonchev–Trinajstić information content (AvgIpc) is 3.22. The first-order valence-electron chi connectivity index (χ1n) is 7.95. The molecule has 0 radical (unpaired) electrons. The highest BCUT2D eigenvalue weighted by Gasteiger charge is 2.13. The van der Waals surface area contributed by atoms with Crippen molar-refractivity contribution in [3.05, 3.63) is 64.0 Å². The van der Waals surface area contributed by atoms with Crippen LogP contribution in [0.25, 0.3) is 0 Å². The summed E-state index contributed by atoms with van der Waals surface area (Å²) in [7, 11) is 0. The Labute approximate surface area is 164 Å². The summed E-state index contributed by atoms with van der Waals surface area (Å²) in [6, 6.07) is 8.75. The summed E-state index contributed by atoms with van der Waals surface area (Å²) in [5.74, 6) is -1.18. The van der Waals surface area contributed by atoms with E-state index in [1.54, 1.807) is 16.9 Å². The van der Waals surface area contributed by atoms with Gasteiger partial charge in [0, 0.05) is 30.4 Å². The van der Waals surface area contributed by atoms with Crippen molar-refractivity contribution < 1.29 is 14.7 Å². The number of carboxylic acid groups (broad SMARTS) is 1. The highest BCUT2D eigenvalue weighted by atomic mass is 35.5. The predicted molar refractivity (Wildman–Crippen MR) is 100 cm³/mol. The molecule has 8 nitrogen and oxygen atoms in total. The van der Waals surface area contributed by atoms with E-state index < -0.39 is 5.97 Å². The topological polar surface area (TPSA) is 102 Å². The first-order valence-corrected chi connectivity index (χ1v) is 8.71. The van der Waals surface area contributed by atoms with Crippen LogP contribution >= 0.6 is 23.2 Å². The molecule has 3 aromatic rings. The summed E-state index contributed by atoms with van der Waals surface area (Å²) in [4.78, 5) is 22.9. The molecule has 0 unspecified atom stereocenters. The Morgan fingerprint density at radius 3 is 2.56 bits per heavy atom. The standard InChI is InChI=1S/C17H15Cl2N5O3/c18-12-4-2-1-3-11(12)9-24-10-13(19)16(22-24)20-15(25)6-8-23-7-5-14(21-23)17(26)27/h1-5,7,10H,6,8-9H2,(H,26,27)(H,20,22,25). The maximum atomic E-state index is 12.1. The van der Waals surface area contributed by atoms with Crippen LogP contribution in [0.2, 0.25) is 10.0 Å². The molecule has 0 fully saturated rings. The first kappa shape index (κ1) is 18.9. The van der Waals surface area contributed by atoms with Gasteiger partial charge in [0.2, 0.25) is 5.91 Å². The van der Waals surface area contributed by atoms with Crippen molar-refractivity contribution in [2.24, 2.45) is 0 Å². The van der Waals surface area contributed by atoms with Crippen LogP contribution in [-0.2, 0) is 17.9 Å². The third-order valence-corrected chi connectivity index (χ3v) is 4.34. The lowest BCUT2D eigenvalue weighted by molar-refractivity contribution is -0.116. The average molecular weight is 408 g/mol. The molecule has 0 aliphatic heterocycles. The van der Waals surface area contributed by atoms with Crippen molar-refractivity contribution in [2.45, 2.75) is 19.5 Å². The number of amides is 1. The fourth-order valence-electron chi connectivity index (χ4n) is 2.37. The molecule has 0 aliphatic rings.